The third-order valence-electron chi connectivity index (χ3n) is 5.36. The summed E-state index contributed by atoms with van der Waals surface area (Å²) >= 11 is 0. The Morgan fingerprint density at radius 3 is 2.24 bits per heavy atom. The highest BCUT2D eigenvalue weighted by Gasteiger charge is 2.29. The van der Waals surface area contributed by atoms with Crippen LogP contribution in [0.2, 0.25) is 0 Å². The number of carboxylic acid groups (broad SMARTS) is 1. The zero-order valence-electron chi connectivity index (χ0n) is 18.2. The highest BCUT2D eigenvalue weighted by molar-refractivity contribution is 5.86. The first kappa shape index (κ1) is 23.8. The normalized spacial score (nSPS) is 13.5. The van der Waals surface area contributed by atoms with Gasteiger partial charge in [0.1, 0.15) is 12.6 Å². The van der Waals surface area contributed by atoms with Crippen LogP contribution in [0.25, 0.3) is 11.1 Å². The second kappa shape index (κ2) is 11.2. The van der Waals surface area contributed by atoms with Crippen molar-refractivity contribution < 1.29 is 29.3 Å². The van der Waals surface area contributed by atoms with Gasteiger partial charge in [0, 0.05) is 18.9 Å². The fraction of sp³-hybridized carbons (Fsp3) is 0.320. The van der Waals surface area contributed by atoms with E-state index in [2.05, 4.69) is 22.5 Å². The van der Waals surface area contributed by atoms with Crippen LogP contribution in [0.5, 0.6) is 0 Å². The number of rotatable bonds is 9. The minimum absolute atomic E-state index is 0.0432. The zero-order chi connectivity index (χ0) is 23.8. The van der Waals surface area contributed by atoms with Crippen LogP contribution in [0.15, 0.2) is 48.5 Å². The molecule has 1 aliphatic rings. The number of alkyl carbamates (subject to hydrolysis) is 1. The Morgan fingerprint density at radius 1 is 1.06 bits per heavy atom. The van der Waals surface area contributed by atoms with Gasteiger partial charge in [-0.3, -0.25) is 9.59 Å². The van der Waals surface area contributed by atoms with Gasteiger partial charge >= 0.3 is 12.1 Å². The molecular weight excluding hydrogens is 424 g/mol. The van der Waals surface area contributed by atoms with E-state index in [0.29, 0.717) is 0 Å². The Morgan fingerprint density at radius 2 is 1.67 bits per heavy atom. The van der Waals surface area contributed by atoms with E-state index < -0.39 is 36.5 Å². The molecule has 2 atom stereocenters. The van der Waals surface area contributed by atoms with Crippen LogP contribution in [0.1, 0.15) is 36.8 Å². The topological polar surface area (TPSA) is 125 Å². The number of carboxylic acids is 1. The van der Waals surface area contributed by atoms with Gasteiger partial charge in [0.2, 0.25) is 5.91 Å². The van der Waals surface area contributed by atoms with Crippen molar-refractivity contribution >= 4 is 18.0 Å². The molecule has 4 N–H and O–H groups in total. The van der Waals surface area contributed by atoms with Crippen LogP contribution in [0.4, 0.5) is 4.79 Å². The molecule has 0 aliphatic heterocycles. The molecule has 0 heterocycles. The van der Waals surface area contributed by atoms with Gasteiger partial charge in [0.25, 0.3) is 0 Å². The number of nitrogens with one attached hydrogen (secondary N) is 2. The molecule has 0 fully saturated rings. The van der Waals surface area contributed by atoms with E-state index in [9.17, 15) is 19.5 Å². The van der Waals surface area contributed by atoms with Gasteiger partial charge in [-0.1, -0.05) is 48.5 Å². The maximum absolute atomic E-state index is 12.5. The quantitative estimate of drug-likeness (QED) is 0.435. The van der Waals surface area contributed by atoms with Crippen molar-refractivity contribution in [1.29, 1.82) is 0 Å². The lowest BCUT2D eigenvalue weighted by molar-refractivity contribution is -0.139. The Bertz CT molecular complexity index is 1040. The standard InChI is InChI=1S/C25H26N2O6/c1-2-3-12-22(24(31)26-14-16(28)13-23(29)30)27-25(32)33-15-21-19-10-6-4-8-17(19)18-9-5-7-11-20(18)21/h4-11,16,21-22,28H,12-15H2,1H3,(H,26,31)(H,27,32)(H,29,30). The number of fused-ring (bicyclic) bond motifs is 3. The SMILES string of the molecule is CC#CCC(NC(=O)OCC1c2ccccc2-c2ccccc21)C(=O)NCC(O)CC(=O)O. The van der Waals surface area contributed by atoms with Gasteiger partial charge in [-0.25, -0.2) is 4.79 Å². The summed E-state index contributed by atoms with van der Waals surface area (Å²) in [5, 5.41) is 23.3. The highest BCUT2D eigenvalue weighted by Crippen LogP contribution is 2.44. The zero-order valence-corrected chi connectivity index (χ0v) is 18.2. The number of aliphatic carboxylic acids is 1. The van der Waals surface area contributed by atoms with E-state index in [1.807, 2.05) is 48.5 Å². The van der Waals surface area contributed by atoms with Crippen molar-refractivity contribution in [2.24, 2.45) is 0 Å². The summed E-state index contributed by atoms with van der Waals surface area (Å²) in [4.78, 5) is 35.6. The van der Waals surface area contributed by atoms with Crippen molar-refractivity contribution in [3.63, 3.8) is 0 Å². The second-order valence-electron chi connectivity index (χ2n) is 7.65. The van der Waals surface area contributed by atoms with Crippen molar-refractivity contribution in [2.45, 2.75) is 37.8 Å². The predicted octanol–water partition coefficient (Wildman–Crippen LogP) is 2.26. The number of hydrogen-bond donors (Lipinski definition) is 4. The molecule has 172 valence electrons. The fourth-order valence-electron chi connectivity index (χ4n) is 3.81. The van der Waals surface area contributed by atoms with Crippen LogP contribution in [-0.2, 0) is 14.3 Å². The summed E-state index contributed by atoms with van der Waals surface area (Å²) in [6.45, 7) is 1.46. The van der Waals surface area contributed by atoms with E-state index in [0.717, 1.165) is 22.3 Å². The summed E-state index contributed by atoms with van der Waals surface area (Å²) in [7, 11) is 0. The van der Waals surface area contributed by atoms with Crippen LogP contribution in [-0.4, -0.2) is 53.5 Å². The molecule has 1 aliphatic carbocycles. The molecule has 0 saturated carbocycles. The molecule has 0 saturated heterocycles. The summed E-state index contributed by atoms with van der Waals surface area (Å²) in [5.41, 5.74) is 4.37. The van der Waals surface area contributed by atoms with Crippen LogP contribution in [0, 0.1) is 11.8 Å². The molecule has 2 aromatic rings. The third kappa shape index (κ3) is 6.11. The first-order valence-corrected chi connectivity index (χ1v) is 10.6. The number of amides is 2. The molecule has 0 radical (unpaired) electrons. The van der Waals surface area contributed by atoms with E-state index in [-0.39, 0.29) is 25.5 Å². The lowest BCUT2D eigenvalue weighted by Crippen LogP contribution is -2.48. The van der Waals surface area contributed by atoms with E-state index in [1.165, 1.54) is 0 Å². The van der Waals surface area contributed by atoms with Crippen molar-refractivity contribution in [2.75, 3.05) is 13.2 Å². The smallest absolute Gasteiger partial charge is 0.407 e. The Hall–Kier alpha value is -3.83. The Labute approximate surface area is 192 Å². The summed E-state index contributed by atoms with van der Waals surface area (Å²) in [5.74, 6) is 3.53. The molecule has 0 spiro atoms. The Kier molecular flexibility index (Phi) is 8.06. The third-order valence-corrected chi connectivity index (χ3v) is 5.36. The molecule has 2 aromatic carbocycles. The minimum Gasteiger partial charge on any atom is -0.481 e. The number of benzene rings is 2. The molecule has 0 bridgehead atoms. The van der Waals surface area contributed by atoms with Gasteiger partial charge in [0.05, 0.1) is 12.5 Å². The number of aliphatic hydroxyl groups excluding tert-OH is 1. The number of aliphatic hydroxyl groups is 1. The van der Waals surface area contributed by atoms with E-state index in [1.54, 1.807) is 6.92 Å². The first-order valence-electron chi connectivity index (χ1n) is 10.6. The molecule has 2 amide bonds. The molecule has 0 aromatic heterocycles. The molecule has 2 unspecified atom stereocenters. The molecule has 8 nitrogen and oxygen atoms in total. The average molecular weight is 450 g/mol. The molecule has 33 heavy (non-hydrogen) atoms. The number of carbonyl (C=O) groups excluding carboxylic acids is 2. The monoisotopic (exact) mass is 450 g/mol. The second-order valence-corrected chi connectivity index (χ2v) is 7.65. The number of carbonyl (C=O) groups is 3. The van der Waals surface area contributed by atoms with Gasteiger partial charge in [-0.05, 0) is 29.2 Å². The van der Waals surface area contributed by atoms with Gasteiger partial charge < -0.3 is 25.6 Å². The highest BCUT2D eigenvalue weighted by atomic mass is 16.5. The lowest BCUT2D eigenvalue weighted by Gasteiger charge is -2.19. The minimum atomic E-state index is -1.24. The average Bonchev–Trinajstić information content (AvgIpc) is 3.12. The van der Waals surface area contributed by atoms with Crippen LogP contribution in [0.3, 0.4) is 0 Å². The summed E-state index contributed by atoms with van der Waals surface area (Å²) in [6, 6.07) is 14.9. The largest absolute Gasteiger partial charge is 0.481 e. The van der Waals surface area contributed by atoms with Crippen LogP contribution >= 0.6 is 0 Å². The van der Waals surface area contributed by atoms with E-state index in [4.69, 9.17) is 9.84 Å². The number of ether oxygens (including phenoxy) is 1. The maximum Gasteiger partial charge on any atom is 0.407 e. The summed E-state index contributed by atoms with van der Waals surface area (Å²) in [6.07, 6.45) is -2.46. The van der Waals surface area contributed by atoms with Gasteiger partial charge in [-0.2, -0.15) is 0 Å². The molecule has 8 heteroatoms. The molecular formula is C25H26N2O6. The lowest BCUT2D eigenvalue weighted by atomic mass is 9.98. The Balaban J connectivity index is 1.61. The fourth-order valence-corrected chi connectivity index (χ4v) is 3.81. The number of hydrogen-bond acceptors (Lipinski definition) is 5. The van der Waals surface area contributed by atoms with Crippen LogP contribution < -0.4 is 10.6 Å². The summed E-state index contributed by atoms with van der Waals surface area (Å²) < 4.78 is 5.47. The van der Waals surface area contributed by atoms with Crippen molar-refractivity contribution in [1.82, 2.24) is 10.6 Å². The molecule has 3 rings (SSSR count). The van der Waals surface area contributed by atoms with Gasteiger partial charge in [0.15, 0.2) is 0 Å². The van der Waals surface area contributed by atoms with E-state index >= 15 is 0 Å². The van der Waals surface area contributed by atoms with Crippen molar-refractivity contribution in [3.8, 4) is 23.0 Å². The first-order chi connectivity index (χ1) is 15.9. The predicted molar refractivity (Wildman–Crippen MR) is 121 cm³/mol. The van der Waals surface area contributed by atoms with Crippen molar-refractivity contribution in [3.05, 3.63) is 59.7 Å². The van der Waals surface area contributed by atoms with Gasteiger partial charge in [-0.15, -0.1) is 11.8 Å². The maximum atomic E-state index is 12.5.